The maximum absolute atomic E-state index is 4.36. The summed E-state index contributed by atoms with van der Waals surface area (Å²) in [4.78, 5) is 7.03. The molecule has 0 aliphatic rings. The number of rotatable bonds is 3. The zero-order chi connectivity index (χ0) is 13.2. The van der Waals surface area contributed by atoms with Gasteiger partial charge < -0.3 is 5.32 Å². The van der Waals surface area contributed by atoms with Crippen molar-refractivity contribution in [1.82, 2.24) is 10.3 Å². The average Bonchev–Trinajstić information content (AvgIpc) is 2.95. The molecular formula is C16H16N2S. The molecular weight excluding hydrogens is 252 g/mol. The minimum atomic E-state index is 0.404. The van der Waals surface area contributed by atoms with Crippen LogP contribution in [0.5, 0.6) is 0 Å². The second kappa shape index (κ2) is 5.11. The van der Waals surface area contributed by atoms with E-state index >= 15 is 0 Å². The van der Waals surface area contributed by atoms with E-state index < -0.39 is 0 Å². The maximum atomic E-state index is 4.36. The normalized spacial score (nSPS) is 12.7. The minimum absolute atomic E-state index is 0.404. The molecule has 2 nitrogen and oxygen atoms in total. The van der Waals surface area contributed by atoms with Gasteiger partial charge in [0.2, 0.25) is 0 Å². The molecule has 0 aliphatic carbocycles. The molecule has 0 saturated heterocycles. The van der Waals surface area contributed by atoms with E-state index in [1.165, 1.54) is 20.7 Å². The van der Waals surface area contributed by atoms with Crippen molar-refractivity contribution in [2.24, 2.45) is 0 Å². The lowest BCUT2D eigenvalue weighted by Gasteiger charge is -2.06. The quantitative estimate of drug-likeness (QED) is 0.768. The number of hydrogen-bond donors (Lipinski definition) is 1. The van der Waals surface area contributed by atoms with Crippen LogP contribution in [0.3, 0.4) is 0 Å². The van der Waals surface area contributed by atoms with Crippen LogP contribution in [0.2, 0.25) is 0 Å². The largest absolute Gasteiger partial charge is 0.313 e. The third-order valence-electron chi connectivity index (χ3n) is 3.37. The first-order valence-corrected chi connectivity index (χ1v) is 7.22. The Labute approximate surface area is 117 Å². The number of nitrogens with one attached hydrogen (secondary N) is 1. The van der Waals surface area contributed by atoms with Crippen LogP contribution in [0.4, 0.5) is 0 Å². The summed E-state index contributed by atoms with van der Waals surface area (Å²) in [7, 11) is 1.99. The summed E-state index contributed by atoms with van der Waals surface area (Å²) in [6.45, 7) is 2.18. The lowest BCUT2D eigenvalue weighted by molar-refractivity contribution is 0.664. The summed E-state index contributed by atoms with van der Waals surface area (Å²) >= 11 is 1.84. The van der Waals surface area contributed by atoms with Crippen LogP contribution < -0.4 is 5.32 Å². The number of pyridine rings is 1. The van der Waals surface area contributed by atoms with Crippen molar-refractivity contribution in [2.45, 2.75) is 13.0 Å². The van der Waals surface area contributed by atoms with E-state index in [0.29, 0.717) is 6.04 Å². The monoisotopic (exact) mass is 268 g/mol. The van der Waals surface area contributed by atoms with E-state index in [9.17, 15) is 0 Å². The smallest absolute Gasteiger partial charge is 0.0702 e. The van der Waals surface area contributed by atoms with Crippen LogP contribution >= 0.6 is 11.3 Å². The third kappa shape index (κ3) is 2.39. The van der Waals surface area contributed by atoms with Crippen molar-refractivity contribution in [3.8, 4) is 10.4 Å². The van der Waals surface area contributed by atoms with Gasteiger partial charge in [0.15, 0.2) is 0 Å². The first-order chi connectivity index (χ1) is 9.28. The topological polar surface area (TPSA) is 24.9 Å². The fraction of sp³-hybridized carbons (Fsp3) is 0.188. The summed E-state index contributed by atoms with van der Waals surface area (Å²) in [5.41, 5.74) is 2.31. The Hall–Kier alpha value is -1.71. The zero-order valence-corrected chi connectivity index (χ0v) is 11.9. The van der Waals surface area contributed by atoms with Crippen LogP contribution in [0.15, 0.2) is 48.7 Å². The summed E-state index contributed by atoms with van der Waals surface area (Å²) in [5.74, 6) is 0. The van der Waals surface area contributed by atoms with Gasteiger partial charge in [0, 0.05) is 27.4 Å². The first kappa shape index (κ1) is 12.3. The first-order valence-electron chi connectivity index (χ1n) is 6.40. The van der Waals surface area contributed by atoms with E-state index in [-0.39, 0.29) is 0 Å². The van der Waals surface area contributed by atoms with Crippen molar-refractivity contribution in [2.75, 3.05) is 7.05 Å². The molecule has 1 N–H and O–H groups in total. The van der Waals surface area contributed by atoms with E-state index in [4.69, 9.17) is 0 Å². The molecule has 0 bridgehead atoms. The molecule has 2 heterocycles. The van der Waals surface area contributed by atoms with Gasteiger partial charge in [-0.15, -0.1) is 11.3 Å². The second-order valence-electron chi connectivity index (χ2n) is 4.62. The van der Waals surface area contributed by atoms with Crippen molar-refractivity contribution < 1.29 is 0 Å². The molecule has 0 saturated carbocycles. The molecule has 3 aromatic rings. The third-order valence-corrected chi connectivity index (χ3v) is 4.69. The van der Waals surface area contributed by atoms with Crippen molar-refractivity contribution >= 4 is 22.2 Å². The van der Waals surface area contributed by atoms with Gasteiger partial charge in [-0.05, 0) is 49.9 Å². The summed E-state index contributed by atoms with van der Waals surface area (Å²) in [5, 5.41) is 4.47. The molecule has 0 amide bonds. The minimum Gasteiger partial charge on any atom is -0.313 e. The standard InChI is InChI=1S/C16H16N2S/c1-11(17-2)15-7-8-16(19-15)13-5-6-14-12(10-13)4-3-9-18-14/h3-11,17H,1-2H3. The Morgan fingerprint density at radius 3 is 2.89 bits per heavy atom. The Balaban J connectivity index is 2.01. The van der Waals surface area contributed by atoms with Gasteiger partial charge in [-0.3, -0.25) is 4.98 Å². The van der Waals surface area contributed by atoms with Crippen LogP contribution in [-0.2, 0) is 0 Å². The molecule has 0 aliphatic heterocycles. The highest BCUT2D eigenvalue weighted by Gasteiger charge is 2.08. The van der Waals surface area contributed by atoms with E-state index in [1.54, 1.807) is 0 Å². The Bertz CT molecular complexity index is 703. The number of hydrogen-bond acceptors (Lipinski definition) is 3. The molecule has 96 valence electrons. The van der Waals surface area contributed by atoms with Gasteiger partial charge in [0.25, 0.3) is 0 Å². The van der Waals surface area contributed by atoms with Crippen molar-refractivity contribution in [1.29, 1.82) is 0 Å². The molecule has 0 spiro atoms. The highest BCUT2D eigenvalue weighted by molar-refractivity contribution is 7.15. The van der Waals surface area contributed by atoms with Crippen molar-refractivity contribution in [3.05, 3.63) is 53.5 Å². The Morgan fingerprint density at radius 2 is 2.05 bits per heavy atom. The fourth-order valence-electron chi connectivity index (χ4n) is 2.11. The van der Waals surface area contributed by atoms with Gasteiger partial charge in [-0.2, -0.15) is 0 Å². The average molecular weight is 268 g/mol. The SMILES string of the molecule is CNC(C)c1ccc(-c2ccc3ncccc3c2)s1. The number of nitrogens with zero attached hydrogens (tertiary/aromatic N) is 1. The summed E-state index contributed by atoms with van der Waals surface area (Å²) in [6, 6.07) is 15.3. The predicted octanol–water partition coefficient (Wildman–Crippen LogP) is 4.24. The van der Waals surface area contributed by atoms with Gasteiger partial charge in [0.05, 0.1) is 5.52 Å². The van der Waals surface area contributed by atoms with Crippen LogP contribution in [-0.4, -0.2) is 12.0 Å². The molecule has 1 aromatic carbocycles. The summed E-state index contributed by atoms with van der Waals surface area (Å²) < 4.78 is 0. The summed E-state index contributed by atoms with van der Waals surface area (Å²) in [6.07, 6.45) is 1.83. The number of fused-ring (bicyclic) bond motifs is 1. The molecule has 19 heavy (non-hydrogen) atoms. The van der Waals surface area contributed by atoms with E-state index in [2.05, 4.69) is 53.6 Å². The Kier molecular flexibility index (Phi) is 3.32. The fourth-order valence-corrected chi connectivity index (χ4v) is 3.18. The highest BCUT2D eigenvalue weighted by Crippen LogP contribution is 2.32. The lowest BCUT2D eigenvalue weighted by atomic mass is 10.1. The molecule has 3 heteroatoms. The van der Waals surface area contributed by atoms with Gasteiger partial charge in [0.1, 0.15) is 0 Å². The van der Waals surface area contributed by atoms with Gasteiger partial charge >= 0.3 is 0 Å². The van der Waals surface area contributed by atoms with Crippen LogP contribution in [0, 0.1) is 0 Å². The molecule has 1 atom stereocenters. The van der Waals surface area contributed by atoms with E-state index in [0.717, 1.165) is 5.52 Å². The second-order valence-corrected chi connectivity index (χ2v) is 5.74. The van der Waals surface area contributed by atoms with Crippen LogP contribution in [0.25, 0.3) is 21.3 Å². The molecule has 0 radical (unpaired) electrons. The molecule has 0 fully saturated rings. The lowest BCUT2D eigenvalue weighted by Crippen LogP contribution is -2.10. The van der Waals surface area contributed by atoms with Gasteiger partial charge in [-0.25, -0.2) is 0 Å². The maximum Gasteiger partial charge on any atom is 0.0702 e. The Morgan fingerprint density at radius 1 is 1.16 bits per heavy atom. The van der Waals surface area contributed by atoms with Crippen molar-refractivity contribution in [3.63, 3.8) is 0 Å². The van der Waals surface area contributed by atoms with E-state index in [1.807, 2.05) is 30.6 Å². The zero-order valence-electron chi connectivity index (χ0n) is 11.1. The number of aromatic nitrogens is 1. The molecule has 2 aromatic heterocycles. The predicted molar refractivity (Wildman–Crippen MR) is 82.5 cm³/mol. The highest BCUT2D eigenvalue weighted by atomic mass is 32.1. The number of benzene rings is 1. The molecule has 1 unspecified atom stereocenters. The number of thiophene rings is 1. The van der Waals surface area contributed by atoms with Crippen LogP contribution in [0.1, 0.15) is 17.8 Å². The molecule has 3 rings (SSSR count). The van der Waals surface area contributed by atoms with Gasteiger partial charge in [-0.1, -0.05) is 12.1 Å².